The van der Waals surface area contributed by atoms with Crippen molar-refractivity contribution < 1.29 is 28.2 Å². The zero-order chi connectivity index (χ0) is 14.6. The Bertz CT molecular complexity index is 440. The van der Waals surface area contributed by atoms with Gasteiger partial charge >= 0.3 is 6.18 Å². The minimum Gasteiger partial charge on any atom is -0.508 e. The first-order valence-electron chi connectivity index (χ1n) is 5.62. The van der Waals surface area contributed by atoms with Gasteiger partial charge in [0.25, 0.3) is 5.91 Å². The van der Waals surface area contributed by atoms with Gasteiger partial charge in [0, 0.05) is 18.2 Å². The van der Waals surface area contributed by atoms with Crippen LogP contribution in [0.2, 0.25) is 0 Å². The summed E-state index contributed by atoms with van der Waals surface area (Å²) in [5.74, 6) is -1.65. The van der Waals surface area contributed by atoms with Gasteiger partial charge in [0.2, 0.25) is 0 Å². The maximum absolute atomic E-state index is 12.4. The zero-order valence-electron chi connectivity index (χ0n) is 10.2. The van der Waals surface area contributed by atoms with E-state index in [1.165, 1.54) is 0 Å². The first kappa shape index (κ1) is 15.1. The number of benzene rings is 1. The summed E-state index contributed by atoms with van der Waals surface area (Å²) in [6.45, 7) is 0.224. The Hall–Kier alpha value is -1.92. The number of rotatable bonds is 4. The predicted molar refractivity (Wildman–Crippen MR) is 62.0 cm³/mol. The molecular weight excluding hydrogens is 263 g/mol. The fourth-order valence-electron chi connectivity index (χ4n) is 1.64. The lowest BCUT2D eigenvalue weighted by Crippen LogP contribution is -2.39. The highest BCUT2D eigenvalue weighted by molar-refractivity contribution is 5.95. The smallest absolute Gasteiger partial charge is 0.406 e. The molecule has 0 aromatic heterocycles. The van der Waals surface area contributed by atoms with Crippen LogP contribution in [0.3, 0.4) is 0 Å². The van der Waals surface area contributed by atoms with E-state index in [0.717, 1.165) is 18.2 Å². The molecule has 1 aromatic rings. The van der Waals surface area contributed by atoms with Crippen molar-refractivity contribution in [2.45, 2.75) is 19.5 Å². The molecule has 4 nitrogen and oxygen atoms in total. The van der Waals surface area contributed by atoms with Gasteiger partial charge in [0.1, 0.15) is 18.0 Å². The molecule has 2 N–H and O–H groups in total. The summed E-state index contributed by atoms with van der Waals surface area (Å²) in [5.41, 5.74) is -0.185. The molecule has 0 aliphatic heterocycles. The molecule has 0 atom stereocenters. The van der Waals surface area contributed by atoms with Gasteiger partial charge < -0.3 is 15.1 Å². The lowest BCUT2D eigenvalue weighted by Gasteiger charge is -2.23. The van der Waals surface area contributed by atoms with Crippen molar-refractivity contribution in [2.24, 2.45) is 0 Å². The molecular formula is C12H14F3NO3. The summed E-state index contributed by atoms with van der Waals surface area (Å²) in [4.78, 5) is 12.6. The maximum atomic E-state index is 12.4. The van der Waals surface area contributed by atoms with Gasteiger partial charge in [0.05, 0.1) is 0 Å². The maximum Gasteiger partial charge on any atom is 0.406 e. The number of hydrogen-bond donors (Lipinski definition) is 2. The topological polar surface area (TPSA) is 60.8 Å². The van der Waals surface area contributed by atoms with Gasteiger partial charge in [-0.1, -0.05) is 6.92 Å². The summed E-state index contributed by atoms with van der Waals surface area (Å²) >= 11 is 0. The van der Waals surface area contributed by atoms with Crippen molar-refractivity contribution in [3.05, 3.63) is 23.8 Å². The average Bonchev–Trinajstić information content (AvgIpc) is 2.24. The molecule has 0 unspecified atom stereocenters. The Morgan fingerprint density at radius 3 is 2.16 bits per heavy atom. The van der Waals surface area contributed by atoms with Gasteiger partial charge in [-0.25, -0.2) is 0 Å². The zero-order valence-corrected chi connectivity index (χ0v) is 10.2. The van der Waals surface area contributed by atoms with Gasteiger partial charge in [-0.15, -0.1) is 0 Å². The highest BCUT2D eigenvalue weighted by atomic mass is 19.4. The fraction of sp³-hybridized carbons (Fsp3) is 0.417. The van der Waals surface area contributed by atoms with Crippen LogP contribution in [-0.2, 0) is 0 Å². The Morgan fingerprint density at radius 1 is 1.21 bits per heavy atom. The van der Waals surface area contributed by atoms with E-state index in [9.17, 15) is 28.2 Å². The van der Waals surface area contributed by atoms with Gasteiger partial charge in [0.15, 0.2) is 0 Å². The molecule has 1 aromatic carbocycles. The van der Waals surface area contributed by atoms with Crippen LogP contribution >= 0.6 is 0 Å². The van der Waals surface area contributed by atoms with E-state index in [4.69, 9.17) is 0 Å². The minimum atomic E-state index is -4.50. The molecule has 0 aliphatic carbocycles. The molecule has 0 saturated carbocycles. The third kappa shape index (κ3) is 4.69. The molecule has 0 saturated heterocycles. The monoisotopic (exact) mass is 277 g/mol. The molecule has 0 spiro atoms. The van der Waals surface area contributed by atoms with Crippen LogP contribution in [0, 0.1) is 0 Å². The van der Waals surface area contributed by atoms with E-state index in [0.29, 0.717) is 11.3 Å². The number of hydrogen-bond acceptors (Lipinski definition) is 3. The fourth-order valence-corrected chi connectivity index (χ4v) is 1.64. The largest absolute Gasteiger partial charge is 0.508 e. The van der Waals surface area contributed by atoms with Crippen LogP contribution in [-0.4, -0.2) is 40.3 Å². The standard InChI is InChI=1S/C12H14F3NO3/c1-2-3-16(7-12(13,14)15)11(19)8-4-9(17)6-10(18)5-8/h4-6,17-18H,2-3,7H2,1H3. The van der Waals surface area contributed by atoms with Gasteiger partial charge in [-0.3, -0.25) is 4.79 Å². The summed E-state index contributed by atoms with van der Waals surface area (Å²) in [5, 5.41) is 18.5. The lowest BCUT2D eigenvalue weighted by atomic mass is 10.1. The van der Waals surface area contributed by atoms with Crippen LogP contribution in [0.25, 0.3) is 0 Å². The second-order valence-electron chi connectivity index (χ2n) is 4.08. The van der Waals surface area contributed by atoms with Crippen molar-refractivity contribution in [1.82, 2.24) is 4.90 Å². The minimum absolute atomic E-state index is 0.0608. The van der Waals surface area contributed by atoms with E-state index in [-0.39, 0.29) is 23.6 Å². The van der Waals surface area contributed by atoms with Crippen LogP contribution in [0.5, 0.6) is 11.5 Å². The van der Waals surface area contributed by atoms with Crippen molar-refractivity contribution in [3.63, 3.8) is 0 Å². The van der Waals surface area contributed by atoms with Crippen molar-refractivity contribution in [1.29, 1.82) is 0 Å². The number of halogens is 3. The summed E-state index contributed by atoms with van der Waals surface area (Å²) < 4.78 is 37.1. The molecule has 1 rings (SSSR count). The predicted octanol–water partition coefficient (Wildman–Crippen LogP) is 2.51. The third-order valence-corrected chi connectivity index (χ3v) is 2.30. The number of amides is 1. The van der Waals surface area contributed by atoms with Crippen LogP contribution < -0.4 is 0 Å². The molecule has 0 aliphatic rings. The number of nitrogens with zero attached hydrogens (tertiary/aromatic N) is 1. The first-order chi connectivity index (χ1) is 8.73. The quantitative estimate of drug-likeness (QED) is 0.889. The van der Waals surface area contributed by atoms with Crippen molar-refractivity contribution in [2.75, 3.05) is 13.1 Å². The number of phenols is 2. The van der Waals surface area contributed by atoms with E-state index >= 15 is 0 Å². The average molecular weight is 277 g/mol. The SMILES string of the molecule is CCCN(CC(F)(F)F)C(=O)c1cc(O)cc(O)c1. The molecule has 19 heavy (non-hydrogen) atoms. The molecule has 0 fully saturated rings. The second-order valence-corrected chi connectivity index (χ2v) is 4.08. The lowest BCUT2D eigenvalue weighted by molar-refractivity contribution is -0.140. The summed E-state index contributed by atoms with van der Waals surface area (Å²) in [7, 11) is 0. The molecule has 0 bridgehead atoms. The third-order valence-electron chi connectivity index (χ3n) is 2.30. The van der Waals surface area contributed by atoms with E-state index < -0.39 is 18.6 Å². The first-order valence-corrected chi connectivity index (χ1v) is 5.62. The number of carbonyl (C=O) groups is 1. The number of alkyl halides is 3. The van der Waals surface area contributed by atoms with E-state index in [2.05, 4.69) is 0 Å². The molecule has 106 valence electrons. The van der Waals surface area contributed by atoms with Gasteiger partial charge in [-0.2, -0.15) is 13.2 Å². The Labute approximate surface area is 108 Å². The molecule has 1 amide bonds. The number of aromatic hydroxyl groups is 2. The molecule has 0 radical (unpaired) electrons. The number of phenolic OH excluding ortho intramolecular Hbond substituents is 2. The highest BCUT2D eigenvalue weighted by Gasteiger charge is 2.33. The Kier molecular flexibility index (Phi) is 4.63. The second kappa shape index (κ2) is 5.81. The van der Waals surface area contributed by atoms with Crippen LogP contribution in [0.15, 0.2) is 18.2 Å². The summed E-state index contributed by atoms with van der Waals surface area (Å²) in [6, 6.07) is 3.02. The van der Waals surface area contributed by atoms with E-state index in [1.807, 2.05) is 0 Å². The highest BCUT2D eigenvalue weighted by Crippen LogP contribution is 2.23. The van der Waals surface area contributed by atoms with Crippen molar-refractivity contribution >= 4 is 5.91 Å². The normalized spacial score (nSPS) is 11.4. The van der Waals surface area contributed by atoms with E-state index in [1.54, 1.807) is 6.92 Å². The van der Waals surface area contributed by atoms with Crippen LogP contribution in [0.1, 0.15) is 23.7 Å². The Balaban J connectivity index is 2.98. The molecule has 7 heteroatoms. The number of carbonyl (C=O) groups excluding carboxylic acids is 1. The van der Waals surface area contributed by atoms with Crippen molar-refractivity contribution in [3.8, 4) is 11.5 Å². The van der Waals surface area contributed by atoms with Gasteiger partial charge in [-0.05, 0) is 18.6 Å². The summed E-state index contributed by atoms with van der Waals surface area (Å²) in [6.07, 6.45) is -4.13. The molecule has 0 heterocycles. The Morgan fingerprint density at radius 2 is 1.74 bits per heavy atom. The van der Waals surface area contributed by atoms with Crippen LogP contribution in [0.4, 0.5) is 13.2 Å².